The molecule has 0 saturated carbocycles. The van der Waals surface area contributed by atoms with Crippen LogP contribution >= 0.6 is 27.5 Å². The molecule has 0 aliphatic carbocycles. The molecule has 2 aromatic carbocycles. The lowest BCUT2D eigenvalue weighted by Gasteiger charge is -2.20. The molecule has 1 amide bonds. The highest BCUT2D eigenvalue weighted by Crippen LogP contribution is 2.38. The van der Waals surface area contributed by atoms with Gasteiger partial charge in [-0.25, -0.2) is 0 Å². The van der Waals surface area contributed by atoms with Crippen LogP contribution in [0.1, 0.15) is 12.5 Å². The first-order valence-corrected chi connectivity index (χ1v) is 9.48. The maximum Gasteiger partial charge on any atom is 0.260 e. The number of amides is 1. The van der Waals surface area contributed by atoms with Crippen LogP contribution < -0.4 is 19.5 Å². The molecule has 5 nitrogen and oxygen atoms in total. The Hall–Kier alpha value is -1.92. The number of halogens is 2. The van der Waals surface area contributed by atoms with Gasteiger partial charge in [-0.15, -0.1) is 0 Å². The Labute approximate surface area is 165 Å². The van der Waals surface area contributed by atoms with Crippen molar-refractivity contribution in [1.82, 2.24) is 5.32 Å². The fraction of sp³-hybridized carbons (Fsp3) is 0.316. The minimum Gasteiger partial charge on any atom is -0.486 e. The summed E-state index contributed by atoms with van der Waals surface area (Å²) < 4.78 is 17.7. The predicted molar refractivity (Wildman–Crippen MR) is 103 cm³/mol. The van der Waals surface area contributed by atoms with Crippen molar-refractivity contribution in [3.63, 3.8) is 0 Å². The Kier molecular flexibility index (Phi) is 6.27. The van der Waals surface area contributed by atoms with E-state index in [0.29, 0.717) is 48.5 Å². The van der Waals surface area contributed by atoms with E-state index in [2.05, 4.69) is 21.2 Å². The van der Waals surface area contributed by atoms with Gasteiger partial charge >= 0.3 is 0 Å². The third kappa shape index (κ3) is 4.83. The quantitative estimate of drug-likeness (QED) is 0.738. The molecule has 1 aliphatic rings. The first-order chi connectivity index (χ1) is 12.5. The number of benzene rings is 2. The van der Waals surface area contributed by atoms with Crippen molar-refractivity contribution in [2.45, 2.75) is 19.4 Å². The molecule has 1 unspecified atom stereocenters. The molecule has 7 heteroatoms. The molecule has 2 aromatic rings. The van der Waals surface area contributed by atoms with Crippen molar-refractivity contribution in [3.8, 4) is 17.2 Å². The summed E-state index contributed by atoms with van der Waals surface area (Å²) >= 11 is 9.59. The van der Waals surface area contributed by atoms with Gasteiger partial charge in [0, 0.05) is 11.0 Å². The number of hydrogen-bond donors (Lipinski definition) is 1. The zero-order chi connectivity index (χ0) is 18.5. The second-order valence-electron chi connectivity index (χ2n) is 5.86. The first-order valence-electron chi connectivity index (χ1n) is 8.31. The normalized spacial score (nSPS) is 13.8. The Morgan fingerprint density at radius 2 is 2.00 bits per heavy atom. The van der Waals surface area contributed by atoms with Crippen molar-refractivity contribution < 1.29 is 19.0 Å². The Morgan fingerprint density at radius 1 is 1.27 bits per heavy atom. The molecule has 1 heterocycles. The minimum absolute atomic E-state index is 0.170. The molecule has 1 aliphatic heterocycles. The average Bonchev–Trinajstić information content (AvgIpc) is 2.63. The minimum atomic E-state index is -0.583. The molecule has 1 atom stereocenters. The summed E-state index contributed by atoms with van der Waals surface area (Å²) in [5.41, 5.74) is 0.973. The standard InChI is InChI=1S/C19H19BrClNO4/c1-12(26-15-4-2-14(20)3-5-15)19(23)22-7-6-13-10-16(21)18-17(11-13)24-8-9-25-18/h2-5,10-12H,6-9H2,1H3,(H,22,23). The highest BCUT2D eigenvalue weighted by atomic mass is 79.9. The summed E-state index contributed by atoms with van der Waals surface area (Å²) in [7, 11) is 0. The molecule has 3 rings (SSSR count). The summed E-state index contributed by atoms with van der Waals surface area (Å²) in [4.78, 5) is 12.2. The third-order valence-electron chi connectivity index (χ3n) is 3.87. The topological polar surface area (TPSA) is 56.8 Å². The van der Waals surface area contributed by atoms with E-state index in [-0.39, 0.29) is 5.91 Å². The summed E-state index contributed by atoms with van der Waals surface area (Å²) in [5.74, 6) is 1.71. The van der Waals surface area contributed by atoms with Gasteiger partial charge in [0.15, 0.2) is 17.6 Å². The van der Waals surface area contributed by atoms with Crippen molar-refractivity contribution in [1.29, 1.82) is 0 Å². The molecule has 0 radical (unpaired) electrons. The second-order valence-corrected chi connectivity index (χ2v) is 7.18. The van der Waals surface area contributed by atoms with E-state index in [0.717, 1.165) is 10.0 Å². The molecular formula is C19H19BrClNO4. The molecule has 1 N–H and O–H groups in total. The van der Waals surface area contributed by atoms with E-state index in [1.165, 1.54) is 0 Å². The van der Waals surface area contributed by atoms with Crippen LogP contribution in [0.2, 0.25) is 5.02 Å². The number of carbonyl (C=O) groups is 1. The maximum atomic E-state index is 12.2. The molecule has 138 valence electrons. The van der Waals surface area contributed by atoms with Gasteiger partial charge in [-0.2, -0.15) is 0 Å². The first kappa shape index (κ1) is 18.9. The SMILES string of the molecule is CC(Oc1ccc(Br)cc1)C(=O)NCCc1cc(Cl)c2c(c1)OCCO2. The molecule has 0 bridgehead atoms. The number of rotatable bonds is 6. The van der Waals surface area contributed by atoms with Crippen LogP contribution in [0.25, 0.3) is 0 Å². The van der Waals surface area contributed by atoms with Crippen LogP contribution in [0.3, 0.4) is 0 Å². The number of hydrogen-bond acceptors (Lipinski definition) is 4. The van der Waals surface area contributed by atoms with E-state index in [1.54, 1.807) is 6.92 Å². The molecule has 26 heavy (non-hydrogen) atoms. The zero-order valence-electron chi connectivity index (χ0n) is 14.3. The van der Waals surface area contributed by atoms with Crippen LogP contribution in [0.15, 0.2) is 40.9 Å². The highest BCUT2D eigenvalue weighted by molar-refractivity contribution is 9.10. The Bertz CT molecular complexity index is 782. The van der Waals surface area contributed by atoms with Gasteiger partial charge in [0.05, 0.1) is 5.02 Å². The van der Waals surface area contributed by atoms with E-state index in [4.69, 9.17) is 25.8 Å². The molecule has 0 fully saturated rings. The van der Waals surface area contributed by atoms with Crippen molar-refractivity contribution in [3.05, 3.63) is 51.5 Å². The molecular weight excluding hydrogens is 422 g/mol. The summed E-state index contributed by atoms with van der Waals surface area (Å²) in [5, 5.41) is 3.40. The fourth-order valence-electron chi connectivity index (χ4n) is 2.55. The predicted octanol–water partition coefficient (Wildman–Crippen LogP) is 4.00. The number of carbonyl (C=O) groups excluding carboxylic acids is 1. The monoisotopic (exact) mass is 439 g/mol. The van der Waals surface area contributed by atoms with Gasteiger partial charge in [-0.1, -0.05) is 27.5 Å². The van der Waals surface area contributed by atoms with Crippen molar-refractivity contribution >= 4 is 33.4 Å². The Balaban J connectivity index is 1.50. The van der Waals surface area contributed by atoms with E-state index in [9.17, 15) is 4.79 Å². The van der Waals surface area contributed by atoms with Crippen LogP contribution in [0.4, 0.5) is 0 Å². The van der Waals surface area contributed by atoms with Crippen LogP contribution in [-0.2, 0) is 11.2 Å². The average molecular weight is 441 g/mol. The number of nitrogens with one attached hydrogen (secondary N) is 1. The van der Waals surface area contributed by atoms with Crippen molar-refractivity contribution in [2.75, 3.05) is 19.8 Å². The summed E-state index contributed by atoms with van der Waals surface area (Å²) in [6.45, 7) is 3.20. The molecule has 0 spiro atoms. The highest BCUT2D eigenvalue weighted by Gasteiger charge is 2.17. The smallest absolute Gasteiger partial charge is 0.260 e. The zero-order valence-corrected chi connectivity index (χ0v) is 16.6. The lowest BCUT2D eigenvalue weighted by Crippen LogP contribution is -2.37. The Morgan fingerprint density at radius 3 is 2.77 bits per heavy atom. The molecule has 0 saturated heterocycles. The van der Waals surface area contributed by atoms with Crippen LogP contribution in [0.5, 0.6) is 17.2 Å². The lowest BCUT2D eigenvalue weighted by molar-refractivity contribution is -0.127. The lowest BCUT2D eigenvalue weighted by atomic mass is 10.1. The number of fused-ring (bicyclic) bond motifs is 1. The maximum absolute atomic E-state index is 12.2. The summed E-state index contributed by atoms with van der Waals surface area (Å²) in [6.07, 6.45) is 0.0487. The van der Waals surface area contributed by atoms with Gasteiger partial charge in [0.2, 0.25) is 0 Å². The largest absolute Gasteiger partial charge is 0.486 e. The summed E-state index contributed by atoms with van der Waals surface area (Å²) in [6, 6.07) is 11.1. The van der Waals surface area contributed by atoms with Crippen LogP contribution in [-0.4, -0.2) is 31.8 Å². The fourth-order valence-corrected chi connectivity index (χ4v) is 3.11. The van der Waals surface area contributed by atoms with Crippen molar-refractivity contribution in [2.24, 2.45) is 0 Å². The van der Waals surface area contributed by atoms with Gasteiger partial charge in [0.1, 0.15) is 19.0 Å². The van der Waals surface area contributed by atoms with E-state index < -0.39 is 6.10 Å². The van der Waals surface area contributed by atoms with Gasteiger partial charge in [-0.3, -0.25) is 4.79 Å². The van der Waals surface area contributed by atoms with Crippen LogP contribution in [0, 0.1) is 0 Å². The number of ether oxygens (including phenoxy) is 3. The van der Waals surface area contributed by atoms with E-state index in [1.807, 2.05) is 36.4 Å². The van der Waals surface area contributed by atoms with Gasteiger partial charge in [0.25, 0.3) is 5.91 Å². The van der Waals surface area contributed by atoms with E-state index >= 15 is 0 Å². The second kappa shape index (κ2) is 8.64. The third-order valence-corrected chi connectivity index (χ3v) is 4.67. The molecule has 0 aromatic heterocycles. The van der Waals surface area contributed by atoms with Gasteiger partial charge in [-0.05, 0) is 55.3 Å². The van der Waals surface area contributed by atoms with Gasteiger partial charge < -0.3 is 19.5 Å².